The first-order chi connectivity index (χ1) is 14.1. The zero-order valence-electron chi connectivity index (χ0n) is 17.5. The van der Waals surface area contributed by atoms with Crippen molar-refractivity contribution in [3.63, 3.8) is 0 Å². The molecule has 29 heavy (non-hydrogen) atoms. The molecule has 0 radical (unpaired) electrons. The predicted molar refractivity (Wildman–Crippen MR) is 116 cm³/mol. The Morgan fingerprint density at radius 3 is 2.76 bits per heavy atom. The first-order valence-electron chi connectivity index (χ1n) is 10.7. The summed E-state index contributed by atoms with van der Waals surface area (Å²) in [6.45, 7) is 9.87. The number of hydrogen-bond acceptors (Lipinski definition) is 5. The van der Waals surface area contributed by atoms with Crippen molar-refractivity contribution in [3.8, 4) is 5.88 Å². The third-order valence-electron chi connectivity index (χ3n) is 6.17. The monoisotopic (exact) mass is 413 g/mol. The third kappa shape index (κ3) is 5.37. The molecule has 1 unspecified atom stereocenters. The van der Waals surface area contributed by atoms with E-state index in [1.54, 1.807) is 6.20 Å². The minimum Gasteiger partial charge on any atom is -0.477 e. The highest BCUT2D eigenvalue weighted by atomic mass is 32.1. The van der Waals surface area contributed by atoms with Crippen LogP contribution in [0.5, 0.6) is 5.88 Å². The second kappa shape index (κ2) is 9.26. The zero-order valence-corrected chi connectivity index (χ0v) is 18.3. The van der Waals surface area contributed by atoms with Crippen molar-refractivity contribution in [2.24, 2.45) is 11.8 Å². The molecule has 6 heteroatoms. The second-order valence-corrected chi connectivity index (χ2v) is 9.60. The molecular formula is C23H31N3O2S. The molecule has 156 valence electrons. The standard InChI is InChI=1S/C23H31N3O2S/c1-17-3-7-24-22(11-17)28-16-20-12-23(27)26(14-20)13-19-4-8-25(9-5-19)15-21-18(2)6-10-29-21/h3,6-7,10-11,19-20H,4-5,8-9,12-16H2,1-2H3. The van der Waals surface area contributed by atoms with Crippen LogP contribution in [0.3, 0.4) is 0 Å². The molecule has 0 N–H and O–H groups in total. The lowest BCUT2D eigenvalue weighted by Gasteiger charge is -2.33. The molecule has 2 aliphatic heterocycles. The van der Waals surface area contributed by atoms with Crippen molar-refractivity contribution in [1.29, 1.82) is 0 Å². The summed E-state index contributed by atoms with van der Waals surface area (Å²) in [6.07, 6.45) is 4.73. The number of piperidine rings is 1. The normalized spacial score (nSPS) is 21.1. The molecule has 5 nitrogen and oxygen atoms in total. The number of pyridine rings is 1. The van der Waals surface area contributed by atoms with Gasteiger partial charge in [0.25, 0.3) is 0 Å². The summed E-state index contributed by atoms with van der Waals surface area (Å²) >= 11 is 1.86. The van der Waals surface area contributed by atoms with Crippen LogP contribution in [0.25, 0.3) is 0 Å². The maximum atomic E-state index is 12.5. The maximum Gasteiger partial charge on any atom is 0.223 e. The summed E-state index contributed by atoms with van der Waals surface area (Å²) in [5, 5.41) is 2.19. The molecule has 0 spiro atoms. The van der Waals surface area contributed by atoms with Gasteiger partial charge in [-0.2, -0.15) is 0 Å². The lowest BCUT2D eigenvalue weighted by Crippen LogP contribution is -2.39. The number of nitrogens with zero attached hydrogens (tertiary/aromatic N) is 3. The van der Waals surface area contributed by atoms with Crippen molar-refractivity contribution in [2.75, 3.05) is 32.8 Å². The van der Waals surface area contributed by atoms with Crippen LogP contribution in [0.15, 0.2) is 29.8 Å². The van der Waals surface area contributed by atoms with Gasteiger partial charge in [-0.3, -0.25) is 9.69 Å². The molecular weight excluding hydrogens is 382 g/mol. The number of amides is 1. The summed E-state index contributed by atoms with van der Waals surface area (Å²) in [6, 6.07) is 6.11. The van der Waals surface area contributed by atoms with Gasteiger partial charge in [0.05, 0.1) is 6.61 Å². The summed E-state index contributed by atoms with van der Waals surface area (Å²) in [7, 11) is 0. The first kappa shape index (κ1) is 20.4. The highest BCUT2D eigenvalue weighted by Crippen LogP contribution is 2.26. The van der Waals surface area contributed by atoms with Crippen LogP contribution >= 0.6 is 11.3 Å². The molecule has 0 bridgehead atoms. The first-order valence-corrected chi connectivity index (χ1v) is 11.5. The van der Waals surface area contributed by atoms with Crippen LogP contribution in [0, 0.1) is 25.7 Å². The van der Waals surface area contributed by atoms with Crippen LogP contribution in [0.2, 0.25) is 0 Å². The van der Waals surface area contributed by atoms with E-state index < -0.39 is 0 Å². The minimum atomic E-state index is 0.270. The number of carbonyl (C=O) groups is 1. The fourth-order valence-corrected chi connectivity index (χ4v) is 5.29. The smallest absolute Gasteiger partial charge is 0.223 e. The van der Waals surface area contributed by atoms with Crippen LogP contribution in [0.1, 0.15) is 35.3 Å². The summed E-state index contributed by atoms with van der Waals surface area (Å²) < 4.78 is 5.84. The number of aromatic nitrogens is 1. The number of likely N-dealkylation sites (tertiary alicyclic amines) is 2. The van der Waals surface area contributed by atoms with E-state index in [4.69, 9.17) is 4.74 Å². The van der Waals surface area contributed by atoms with Gasteiger partial charge in [0.15, 0.2) is 0 Å². The average molecular weight is 414 g/mol. The summed E-state index contributed by atoms with van der Waals surface area (Å²) in [5.41, 5.74) is 2.55. The van der Waals surface area contributed by atoms with Crippen LogP contribution in [-0.4, -0.2) is 53.5 Å². The van der Waals surface area contributed by atoms with Crippen LogP contribution in [0.4, 0.5) is 0 Å². The van der Waals surface area contributed by atoms with Gasteiger partial charge in [-0.15, -0.1) is 11.3 Å². The second-order valence-electron chi connectivity index (χ2n) is 8.60. The maximum absolute atomic E-state index is 12.5. The number of aryl methyl sites for hydroxylation is 2. The van der Waals surface area contributed by atoms with E-state index in [2.05, 4.69) is 33.2 Å². The molecule has 4 rings (SSSR count). The van der Waals surface area contributed by atoms with Gasteiger partial charge in [0, 0.05) is 49.1 Å². The molecule has 0 aromatic carbocycles. The molecule has 2 aromatic rings. The molecule has 0 aliphatic carbocycles. The number of ether oxygens (including phenoxy) is 1. The molecule has 4 heterocycles. The van der Waals surface area contributed by atoms with Crippen molar-refractivity contribution in [2.45, 2.75) is 39.7 Å². The lowest BCUT2D eigenvalue weighted by atomic mass is 9.96. The zero-order chi connectivity index (χ0) is 20.2. The van der Waals surface area contributed by atoms with E-state index in [1.807, 2.05) is 30.4 Å². The van der Waals surface area contributed by atoms with E-state index in [0.29, 0.717) is 24.8 Å². The Kier molecular flexibility index (Phi) is 6.50. The Morgan fingerprint density at radius 2 is 2.03 bits per heavy atom. The van der Waals surface area contributed by atoms with Crippen molar-refractivity contribution in [3.05, 3.63) is 45.8 Å². The number of hydrogen-bond donors (Lipinski definition) is 0. The van der Waals surface area contributed by atoms with E-state index >= 15 is 0 Å². The van der Waals surface area contributed by atoms with Gasteiger partial charge in [0.2, 0.25) is 11.8 Å². The number of thiophene rings is 1. The SMILES string of the molecule is Cc1ccnc(OCC2CC(=O)N(CC3CCN(Cc4sccc4C)CC3)C2)c1. The fourth-order valence-electron chi connectivity index (χ4n) is 4.34. The fraction of sp³-hybridized carbons (Fsp3) is 0.565. The minimum absolute atomic E-state index is 0.270. The van der Waals surface area contributed by atoms with Crippen molar-refractivity contribution >= 4 is 17.2 Å². The molecule has 1 atom stereocenters. The molecule has 2 fully saturated rings. The predicted octanol–water partition coefficient (Wildman–Crippen LogP) is 3.90. The van der Waals surface area contributed by atoms with Gasteiger partial charge in [-0.1, -0.05) is 0 Å². The van der Waals surface area contributed by atoms with Crippen molar-refractivity contribution in [1.82, 2.24) is 14.8 Å². The third-order valence-corrected chi connectivity index (χ3v) is 7.18. The van der Waals surface area contributed by atoms with Gasteiger partial charge >= 0.3 is 0 Å². The Labute approximate surface area is 177 Å². The number of rotatable bonds is 7. The van der Waals surface area contributed by atoms with Gasteiger partial charge in [0.1, 0.15) is 0 Å². The van der Waals surface area contributed by atoms with E-state index in [9.17, 15) is 4.79 Å². The Morgan fingerprint density at radius 1 is 1.21 bits per heavy atom. The molecule has 1 amide bonds. The number of carbonyl (C=O) groups excluding carboxylic acids is 1. The van der Waals surface area contributed by atoms with Crippen LogP contribution in [-0.2, 0) is 11.3 Å². The van der Waals surface area contributed by atoms with Gasteiger partial charge in [-0.05, 0) is 74.3 Å². The topological polar surface area (TPSA) is 45.7 Å². The van der Waals surface area contributed by atoms with E-state index in [0.717, 1.165) is 38.3 Å². The van der Waals surface area contributed by atoms with Gasteiger partial charge in [-0.25, -0.2) is 4.98 Å². The van der Waals surface area contributed by atoms with Crippen molar-refractivity contribution < 1.29 is 9.53 Å². The lowest BCUT2D eigenvalue weighted by molar-refractivity contribution is -0.128. The highest BCUT2D eigenvalue weighted by molar-refractivity contribution is 7.10. The molecule has 0 saturated carbocycles. The highest BCUT2D eigenvalue weighted by Gasteiger charge is 2.32. The summed E-state index contributed by atoms with van der Waals surface area (Å²) in [5.74, 6) is 1.83. The Hall–Kier alpha value is -1.92. The molecule has 2 aliphatic rings. The largest absolute Gasteiger partial charge is 0.477 e. The van der Waals surface area contributed by atoms with Gasteiger partial charge < -0.3 is 9.64 Å². The Bertz CT molecular complexity index is 829. The summed E-state index contributed by atoms with van der Waals surface area (Å²) in [4.78, 5) is 22.9. The van der Waals surface area contributed by atoms with E-state index in [1.165, 1.54) is 23.3 Å². The quantitative estimate of drug-likeness (QED) is 0.691. The Balaban J connectivity index is 1.20. The molecule has 2 aromatic heterocycles. The van der Waals surface area contributed by atoms with E-state index in [-0.39, 0.29) is 11.8 Å². The average Bonchev–Trinajstić information content (AvgIpc) is 3.27. The van der Waals surface area contributed by atoms with Crippen LogP contribution < -0.4 is 4.74 Å². The molecule has 2 saturated heterocycles.